The van der Waals surface area contributed by atoms with E-state index in [2.05, 4.69) is 5.32 Å². The summed E-state index contributed by atoms with van der Waals surface area (Å²) in [6.45, 7) is 0.247. The van der Waals surface area contributed by atoms with Crippen LogP contribution < -0.4 is 10.1 Å². The molecule has 0 radical (unpaired) electrons. The van der Waals surface area contributed by atoms with Gasteiger partial charge in [-0.05, 0) is 18.2 Å². The molecule has 0 bridgehead atoms. The van der Waals surface area contributed by atoms with Crippen molar-refractivity contribution in [3.63, 3.8) is 0 Å². The molecule has 39 heavy (non-hydrogen) atoms. The van der Waals surface area contributed by atoms with Crippen LogP contribution in [-0.2, 0) is 23.8 Å². The van der Waals surface area contributed by atoms with E-state index in [-0.39, 0.29) is 0 Å². The van der Waals surface area contributed by atoms with Gasteiger partial charge in [-0.3, -0.25) is 4.79 Å². The van der Waals surface area contributed by atoms with E-state index >= 15 is 0 Å². The lowest BCUT2D eigenvalue weighted by atomic mass is 9.95. The molecule has 17 heteroatoms. The summed E-state index contributed by atoms with van der Waals surface area (Å²) in [5, 5.41) is 81.7. The van der Waals surface area contributed by atoms with Gasteiger partial charge in [0, 0.05) is 6.92 Å². The van der Waals surface area contributed by atoms with Crippen molar-refractivity contribution in [1.82, 2.24) is 5.32 Å². The van der Waals surface area contributed by atoms with Crippen molar-refractivity contribution in [3.05, 3.63) is 29.3 Å². The number of benzene rings is 1. The molecule has 2 saturated heterocycles. The number of aromatic carboxylic acids is 2. The number of amides is 1. The van der Waals surface area contributed by atoms with Crippen LogP contribution in [-0.4, -0.2) is 133 Å². The van der Waals surface area contributed by atoms with E-state index in [0.717, 1.165) is 25.1 Å². The average Bonchev–Trinajstić information content (AvgIpc) is 2.87. The van der Waals surface area contributed by atoms with Gasteiger partial charge in [-0.2, -0.15) is 0 Å². The highest BCUT2D eigenvalue weighted by Gasteiger charge is 2.53. The second-order valence-electron chi connectivity index (χ2n) is 8.75. The third-order valence-electron chi connectivity index (χ3n) is 5.98. The minimum atomic E-state index is -2.11. The number of aliphatic hydroxyl groups excluding tert-OH is 5. The third kappa shape index (κ3) is 6.60. The number of ether oxygens (including phenoxy) is 4. The number of rotatable bonds is 9. The Morgan fingerprint density at radius 2 is 1.44 bits per heavy atom. The van der Waals surface area contributed by atoms with Gasteiger partial charge in [-0.15, -0.1) is 0 Å². The first-order valence-corrected chi connectivity index (χ1v) is 11.3. The molecule has 216 valence electrons. The maximum Gasteiger partial charge on any atom is 0.335 e. The average molecular weight is 561 g/mol. The summed E-state index contributed by atoms with van der Waals surface area (Å²) >= 11 is 0. The Balaban J connectivity index is 1.87. The van der Waals surface area contributed by atoms with Crippen LogP contribution >= 0.6 is 0 Å². The number of hydrogen-bond donors (Lipinski definition) is 9. The summed E-state index contributed by atoms with van der Waals surface area (Å²) in [6, 6.07) is 1.08. The van der Waals surface area contributed by atoms with E-state index in [0.29, 0.717) is 0 Å². The highest BCUT2D eigenvalue weighted by molar-refractivity contribution is 5.94. The van der Waals surface area contributed by atoms with E-state index in [9.17, 15) is 60.0 Å². The number of carboxylic acids is 3. The summed E-state index contributed by atoms with van der Waals surface area (Å²) in [4.78, 5) is 46.3. The highest BCUT2D eigenvalue weighted by atomic mass is 16.7. The van der Waals surface area contributed by atoms with Gasteiger partial charge in [0.1, 0.15) is 48.4 Å². The lowest BCUT2D eigenvalue weighted by molar-refractivity contribution is -0.332. The first-order chi connectivity index (χ1) is 18.2. The fourth-order valence-electron chi connectivity index (χ4n) is 4.07. The zero-order valence-corrected chi connectivity index (χ0v) is 20.1. The van der Waals surface area contributed by atoms with E-state index in [1.807, 2.05) is 0 Å². The van der Waals surface area contributed by atoms with Crippen LogP contribution in [0, 0.1) is 0 Å². The van der Waals surface area contributed by atoms with Crippen LogP contribution in [0.5, 0.6) is 5.75 Å². The van der Waals surface area contributed by atoms with Crippen LogP contribution in [0.1, 0.15) is 27.6 Å². The van der Waals surface area contributed by atoms with Crippen LogP contribution in [0.4, 0.5) is 0 Å². The van der Waals surface area contributed by atoms with Crippen molar-refractivity contribution in [1.29, 1.82) is 0 Å². The van der Waals surface area contributed by atoms with Crippen LogP contribution in [0.25, 0.3) is 0 Å². The molecular weight excluding hydrogens is 534 g/mol. The predicted molar refractivity (Wildman–Crippen MR) is 120 cm³/mol. The minimum absolute atomic E-state index is 0.448. The molecule has 2 aliphatic rings. The van der Waals surface area contributed by atoms with Crippen molar-refractivity contribution >= 4 is 23.8 Å². The van der Waals surface area contributed by atoms with E-state index in [1.54, 1.807) is 0 Å². The summed E-state index contributed by atoms with van der Waals surface area (Å²) in [6.07, 6.45) is -16.8. The van der Waals surface area contributed by atoms with Crippen molar-refractivity contribution in [2.75, 3.05) is 6.61 Å². The van der Waals surface area contributed by atoms with Crippen LogP contribution in [0.15, 0.2) is 18.2 Å². The Hall–Kier alpha value is -3.42. The maximum absolute atomic E-state index is 12.0. The molecule has 2 fully saturated rings. The highest BCUT2D eigenvalue weighted by Crippen LogP contribution is 2.31. The molecule has 0 aliphatic carbocycles. The predicted octanol–water partition coefficient (Wildman–Crippen LogP) is -3.68. The number of hydrogen-bond acceptors (Lipinski definition) is 13. The minimum Gasteiger partial charge on any atom is -0.479 e. The standard InChI is InChI=1S/C22H27NO16/c1-6(25)23-11-13(27)12(26)10(5-24)37-21(11)38-16-14(28)15(29)22(39-17(16)20(34)35)36-9-3-7(18(30)31)2-8(4-9)19(32)33/h2-4,10-17,21-22,24,26-29H,5H2,1H3,(H,23,25)(H,30,31)(H,32,33)(H,34,35)/t10-,11-,12-,13-,14-,15-,16+,17+,21-,22-/m1/s1. The fraction of sp³-hybridized carbons (Fsp3) is 0.545. The molecule has 3 rings (SSSR count). The maximum atomic E-state index is 12.0. The Kier molecular flexibility index (Phi) is 9.41. The van der Waals surface area contributed by atoms with E-state index in [4.69, 9.17) is 18.9 Å². The number of nitrogens with one attached hydrogen (secondary N) is 1. The molecule has 9 N–H and O–H groups in total. The van der Waals surface area contributed by atoms with E-state index in [1.165, 1.54) is 0 Å². The lowest BCUT2D eigenvalue weighted by Crippen LogP contribution is -2.68. The molecule has 10 atom stereocenters. The number of carboxylic acid groups (broad SMARTS) is 3. The fourth-order valence-corrected chi connectivity index (χ4v) is 4.07. The first kappa shape index (κ1) is 30.1. The molecule has 1 amide bonds. The van der Waals surface area contributed by atoms with Gasteiger partial charge in [0.2, 0.25) is 12.2 Å². The molecule has 0 aromatic heterocycles. The Morgan fingerprint density at radius 1 is 0.846 bits per heavy atom. The Morgan fingerprint density at radius 3 is 1.92 bits per heavy atom. The molecule has 2 aliphatic heterocycles. The lowest BCUT2D eigenvalue weighted by Gasteiger charge is -2.46. The van der Waals surface area contributed by atoms with Gasteiger partial charge in [-0.25, -0.2) is 14.4 Å². The molecule has 0 unspecified atom stereocenters. The number of carbonyl (C=O) groups excluding carboxylic acids is 1. The zero-order chi connectivity index (χ0) is 29.2. The second kappa shape index (κ2) is 12.2. The quantitative estimate of drug-likeness (QED) is 0.140. The molecule has 17 nitrogen and oxygen atoms in total. The number of aliphatic carboxylic acids is 1. The Labute approximate surface area is 218 Å². The summed E-state index contributed by atoms with van der Waals surface area (Å²) < 4.78 is 21.4. The molecule has 0 spiro atoms. The van der Waals surface area contributed by atoms with Gasteiger partial charge < -0.3 is 65.1 Å². The zero-order valence-electron chi connectivity index (χ0n) is 20.1. The van der Waals surface area contributed by atoms with Gasteiger partial charge in [0.15, 0.2) is 12.4 Å². The summed E-state index contributed by atoms with van der Waals surface area (Å²) in [7, 11) is 0. The monoisotopic (exact) mass is 561 g/mol. The van der Waals surface area contributed by atoms with Gasteiger partial charge in [-0.1, -0.05) is 0 Å². The Bertz CT molecular complexity index is 1060. The summed E-state index contributed by atoms with van der Waals surface area (Å²) in [5.74, 6) is -5.93. The van der Waals surface area contributed by atoms with Crippen molar-refractivity contribution in [2.45, 2.75) is 68.3 Å². The summed E-state index contributed by atoms with van der Waals surface area (Å²) in [5.41, 5.74) is -1.02. The third-order valence-corrected chi connectivity index (χ3v) is 5.98. The first-order valence-electron chi connectivity index (χ1n) is 11.3. The van der Waals surface area contributed by atoms with Crippen LogP contribution in [0.3, 0.4) is 0 Å². The van der Waals surface area contributed by atoms with Gasteiger partial charge >= 0.3 is 17.9 Å². The van der Waals surface area contributed by atoms with Gasteiger partial charge in [0.05, 0.1) is 17.7 Å². The van der Waals surface area contributed by atoms with Crippen molar-refractivity contribution in [3.8, 4) is 5.75 Å². The molecule has 0 saturated carbocycles. The number of carbonyl (C=O) groups is 4. The molecule has 2 heterocycles. The number of aliphatic hydroxyl groups is 5. The second-order valence-corrected chi connectivity index (χ2v) is 8.75. The topological polar surface area (TPSA) is 279 Å². The molecule has 1 aromatic carbocycles. The normalized spacial score (nSPS) is 34.6. The van der Waals surface area contributed by atoms with E-state index < -0.39 is 109 Å². The largest absolute Gasteiger partial charge is 0.479 e. The molecular formula is C22H27NO16. The van der Waals surface area contributed by atoms with Crippen molar-refractivity contribution in [2.24, 2.45) is 0 Å². The SMILES string of the molecule is CC(=O)N[C@H]1[C@@H](O[C@H]2[C@H](O)[C@@H](O)[C@H](Oc3cc(C(=O)O)cc(C(=O)O)c3)O[C@@H]2C(=O)O)O[C@H](CO)[C@@H](O)[C@@H]1O. The van der Waals surface area contributed by atoms with Gasteiger partial charge in [0.25, 0.3) is 0 Å². The molecule has 1 aromatic rings. The van der Waals surface area contributed by atoms with Crippen LogP contribution in [0.2, 0.25) is 0 Å². The smallest absolute Gasteiger partial charge is 0.335 e. The van der Waals surface area contributed by atoms with Crippen molar-refractivity contribution < 1.29 is 79.0 Å².